The molecular formula is C13H11F2NO3. The molecule has 1 N–H and O–H groups in total. The minimum atomic E-state index is -2.88. The van der Waals surface area contributed by atoms with Gasteiger partial charge in [0.15, 0.2) is 0 Å². The van der Waals surface area contributed by atoms with Gasteiger partial charge in [-0.05, 0) is 36.4 Å². The molecule has 100 valence electrons. The third-order valence-electron chi connectivity index (χ3n) is 2.34. The highest BCUT2D eigenvalue weighted by Gasteiger charge is 2.08. The van der Waals surface area contributed by atoms with E-state index < -0.39 is 6.61 Å². The number of amides is 1. The summed E-state index contributed by atoms with van der Waals surface area (Å²) in [5.74, 6) is 0.323. The van der Waals surface area contributed by atoms with Crippen molar-refractivity contribution in [1.29, 1.82) is 0 Å². The Labute approximate surface area is 108 Å². The molecule has 2 aromatic rings. The summed E-state index contributed by atoms with van der Waals surface area (Å²) in [7, 11) is 0. The Hall–Kier alpha value is -2.37. The van der Waals surface area contributed by atoms with Crippen molar-refractivity contribution in [2.45, 2.75) is 13.2 Å². The highest BCUT2D eigenvalue weighted by atomic mass is 19.3. The van der Waals surface area contributed by atoms with Gasteiger partial charge in [0.2, 0.25) is 0 Å². The first-order valence-corrected chi connectivity index (χ1v) is 5.50. The fraction of sp³-hybridized carbons (Fsp3) is 0.154. The molecule has 0 unspecified atom stereocenters. The number of furan rings is 1. The van der Waals surface area contributed by atoms with Gasteiger partial charge in [0.05, 0.1) is 12.8 Å². The summed E-state index contributed by atoms with van der Waals surface area (Å²) in [6.45, 7) is -2.61. The Balaban J connectivity index is 1.92. The van der Waals surface area contributed by atoms with Gasteiger partial charge in [-0.2, -0.15) is 8.78 Å². The largest absolute Gasteiger partial charge is 0.467 e. The van der Waals surface area contributed by atoms with Crippen molar-refractivity contribution in [3.05, 3.63) is 54.0 Å². The molecule has 0 aliphatic rings. The molecule has 0 saturated heterocycles. The van der Waals surface area contributed by atoms with Crippen molar-refractivity contribution in [1.82, 2.24) is 5.32 Å². The summed E-state index contributed by atoms with van der Waals surface area (Å²) >= 11 is 0. The minimum Gasteiger partial charge on any atom is -0.467 e. The predicted molar refractivity (Wildman–Crippen MR) is 63.0 cm³/mol. The lowest BCUT2D eigenvalue weighted by atomic mass is 10.2. The fourth-order valence-electron chi connectivity index (χ4n) is 1.47. The SMILES string of the molecule is O=C(NCc1ccco1)c1ccc(OC(F)F)cc1. The van der Waals surface area contributed by atoms with Crippen LogP contribution in [0.4, 0.5) is 8.78 Å². The molecule has 0 saturated carbocycles. The van der Waals surface area contributed by atoms with E-state index >= 15 is 0 Å². The van der Waals surface area contributed by atoms with E-state index in [2.05, 4.69) is 10.1 Å². The van der Waals surface area contributed by atoms with Crippen LogP contribution in [0.2, 0.25) is 0 Å². The van der Waals surface area contributed by atoms with Crippen LogP contribution >= 0.6 is 0 Å². The number of hydrogen-bond acceptors (Lipinski definition) is 3. The van der Waals surface area contributed by atoms with Crippen LogP contribution in [0.5, 0.6) is 5.75 Å². The van der Waals surface area contributed by atoms with E-state index in [4.69, 9.17) is 4.42 Å². The zero-order valence-corrected chi connectivity index (χ0v) is 9.81. The topological polar surface area (TPSA) is 51.5 Å². The van der Waals surface area contributed by atoms with Gasteiger partial charge in [-0.1, -0.05) is 0 Å². The second-order valence-electron chi connectivity index (χ2n) is 3.66. The van der Waals surface area contributed by atoms with Gasteiger partial charge in [0.25, 0.3) is 5.91 Å². The highest BCUT2D eigenvalue weighted by molar-refractivity contribution is 5.94. The van der Waals surface area contributed by atoms with Crippen molar-refractivity contribution in [3.8, 4) is 5.75 Å². The van der Waals surface area contributed by atoms with Gasteiger partial charge in [-0.25, -0.2) is 0 Å². The smallest absolute Gasteiger partial charge is 0.387 e. The molecule has 0 atom stereocenters. The van der Waals surface area contributed by atoms with Crippen molar-refractivity contribution in [3.63, 3.8) is 0 Å². The molecule has 1 amide bonds. The fourth-order valence-corrected chi connectivity index (χ4v) is 1.47. The van der Waals surface area contributed by atoms with E-state index in [1.807, 2.05) is 0 Å². The lowest BCUT2D eigenvalue weighted by Crippen LogP contribution is -2.22. The van der Waals surface area contributed by atoms with Crippen LogP contribution < -0.4 is 10.1 Å². The highest BCUT2D eigenvalue weighted by Crippen LogP contribution is 2.14. The van der Waals surface area contributed by atoms with Crippen LogP contribution in [0, 0.1) is 0 Å². The third kappa shape index (κ3) is 3.80. The van der Waals surface area contributed by atoms with Gasteiger partial charge >= 0.3 is 6.61 Å². The van der Waals surface area contributed by atoms with E-state index in [1.54, 1.807) is 12.1 Å². The molecule has 0 bridgehead atoms. The molecule has 0 radical (unpaired) electrons. The van der Waals surface area contributed by atoms with Gasteiger partial charge in [-0.15, -0.1) is 0 Å². The monoisotopic (exact) mass is 267 g/mol. The number of nitrogens with one attached hydrogen (secondary N) is 1. The molecule has 1 heterocycles. The number of carbonyl (C=O) groups excluding carboxylic acids is 1. The molecule has 0 fully saturated rings. The average molecular weight is 267 g/mol. The van der Waals surface area contributed by atoms with Crippen molar-refractivity contribution in [2.24, 2.45) is 0 Å². The Bertz CT molecular complexity index is 523. The average Bonchev–Trinajstić information content (AvgIpc) is 2.89. The quantitative estimate of drug-likeness (QED) is 0.906. The van der Waals surface area contributed by atoms with E-state index in [9.17, 15) is 13.6 Å². The maximum absolute atomic E-state index is 11.9. The molecule has 4 nitrogen and oxygen atoms in total. The summed E-state index contributed by atoms with van der Waals surface area (Å²) in [5, 5.41) is 2.64. The second kappa shape index (κ2) is 5.99. The number of benzene rings is 1. The van der Waals surface area contributed by atoms with Gasteiger partial charge in [0.1, 0.15) is 11.5 Å². The Kier molecular flexibility index (Phi) is 4.12. The first-order valence-electron chi connectivity index (χ1n) is 5.50. The van der Waals surface area contributed by atoms with E-state index in [0.29, 0.717) is 11.3 Å². The molecule has 0 aliphatic carbocycles. The van der Waals surface area contributed by atoms with Crippen LogP contribution in [0.25, 0.3) is 0 Å². The third-order valence-corrected chi connectivity index (χ3v) is 2.34. The number of ether oxygens (including phenoxy) is 1. The van der Waals surface area contributed by atoms with E-state index in [-0.39, 0.29) is 18.2 Å². The number of alkyl halides is 2. The summed E-state index contributed by atoms with van der Waals surface area (Å²) in [5.41, 5.74) is 0.355. The van der Waals surface area contributed by atoms with E-state index in [0.717, 1.165) is 0 Å². The van der Waals surface area contributed by atoms with Crippen molar-refractivity contribution >= 4 is 5.91 Å². The number of carbonyl (C=O) groups is 1. The Morgan fingerprint density at radius 2 is 2.00 bits per heavy atom. The van der Waals surface area contributed by atoms with Crippen LogP contribution in [-0.4, -0.2) is 12.5 Å². The summed E-state index contributed by atoms with van der Waals surface area (Å²) in [6, 6.07) is 8.91. The maximum atomic E-state index is 11.9. The molecule has 19 heavy (non-hydrogen) atoms. The zero-order chi connectivity index (χ0) is 13.7. The molecular weight excluding hydrogens is 256 g/mol. The second-order valence-corrected chi connectivity index (χ2v) is 3.66. The van der Waals surface area contributed by atoms with Crippen molar-refractivity contribution in [2.75, 3.05) is 0 Å². The van der Waals surface area contributed by atoms with Gasteiger partial charge in [0, 0.05) is 5.56 Å². The van der Waals surface area contributed by atoms with Gasteiger partial charge < -0.3 is 14.5 Å². The summed E-state index contributed by atoms with van der Waals surface area (Å²) in [4.78, 5) is 11.7. The Morgan fingerprint density at radius 3 is 2.58 bits per heavy atom. The van der Waals surface area contributed by atoms with Crippen LogP contribution in [0.3, 0.4) is 0 Å². The maximum Gasteiger partial charge on any atom is 0.387 e. The minimum absolute atomic E-state index is 0.0117. The number of halogens is 2. The molecule has 0 aliphatic heterocycles. The lowest BCUT2D eigenvalue weighted by molar-refractivity contribution is -0.0498. The summed E-state index contributed by atoms with van der Waals surface area (Å²) < 4.78 is 33.1. The molecule has 0 spiro atoms. The molecule has 2 rings (SSSR count). The first kappa shape index (κ1) is 13.1. The molecule has 1 aromatic carbocycles. The van der Waals surface area contributed by atoms with Crippen molar-refractivity contribution < 1.29 is 22.7 Å². The molecule has 6 heteroatoms. The molecule has 1 aromatic heterocycles. The van der Waals surface area contributed by atoms with Crippen LogP contribution in [0.15, 0.2) is 47.1 Å². The van der Waals surface area contributed by atoms with Crippen LogP contribution in [0.1, 0.15) is 16.1 Å². The first-order chi connectivity index (χ1) is 9.15. The van der Waals surface area contributed by atoms with Crippen LogP contribution in [-0.2, 0) is 6.54 Å². The predicted octanol–water partition coefficient (Wildman–Crippen LogP) is 2.81. The normalized spacial score (nSPS) is 10.5. The zero-order valence-electron chi connectivity index (χ0n) is 9.81. The number of hydrogen-bond donors (Lipinski definition) is 1. The number of rotatable bonds is 5. The Morgan fingerprint density at radius 1 is 1.26 bits per heavy atom. The standard InChI is InChI=1S/C13H11F2NO3/c14-13(15)19-10-5-3-9(4-6-10)12(17)16-8-11-2-1-7-18-11/h1-7,13H,8H2,(H,16,17). The van der Waals surface area contributed by atoms with E-state index in [1.165, 1.54) is 30.5 Å². The lowest BCUT2D eigenvalue weighted by Gasteiger charge is -2.06. The summed E-state index contributed by atoms with van der Waals surface area (Å²) in [6.07, 6.45) is 1.51. The van der Waals surface area contributed by atoms with Gasteiger partial charge in [-0.3, -0.25) is 4.79 Å².